The first-order valence-electron chi connectivity index (χ1n) is 8.65. The second kappa shape index (κ2) is 10.2. The summed E-state index contributed by atoms with van der Waals surface area (Å²) in [4.78, 5) is 33.1. The highest BCUT2D eigenvalue weighted by molar-refractivity contribution is 7.48. The van der Waals surface area contributed by atoms with E-state index in [2.05, 4.69) is 14.4 Å². The molecule has 1 amide bonds. The molecule has 2 unspecified atom stereocenters. The van der Waals surface area contributed by atoms with E-state index in [1.807, 2.05) is 13.8 Å². The number of nitrogens with one attached hydrogen (secondary N) is 1. The lowest BCUT2D eigenvalue weighted by Gasteiger charge is -2.35. The van der Waals surface area contributed by atoms with Crippen LogP contribution in [0.25, 0.3) is 0 Å². The van der Waals surface area contributed by atoms with Crippen LogP contribution in [0.4, 0.5) is 0 Å². The summed E-state index contributed by atoms with van der Waals surface area (Å²) in [6.45, 7) is 7.25. The smallest absolute Gasteiger partial charge is 0.372 e. The van der Waals surface area contributed by atoms with Crippen LogP contribution in [0.5, 0.6) is 0 Å². The van der Waals surface area contributed by atoms with Crippen molar-refractivity contribution in [1.29, 1.82) is 0 Å². The number of carbonyl (C=O) groups excluding carboxylic acids is 2. The topological polar surface area (TPSA) is 137 Å². The normalized spacial score (nSPS) is 26.4. The Morgan fingerprint density at radius 1 is 1.46 bits per heavy atom. The average molecular weight is 392 g/mol. The van der Waals surface area contributed by atoms with Gasteiger partial charge in [0.1, 0.15) is 0 Å². The summed E-state index contributed by atoms with van der Waals surface area (Å²) in [6.07, 6.45) is 1.81. The van der Waals surface area contributed by atoms with Gasteiger partial charge < -0.3 is 20.3 Å². The van der Waals surface area contributed by atoms with Crippen molar-refractivity contribution in [3.05, 3.63) is 11.6 Å². The van der Waals surface area contributed by atoms with Gasteiger partial charge in [0.2, 0.25) is 5.91 Å². The summed E-state index contributed by atoms with van der Waals surface area (Å²) >= 11 is 0. The quantitative estimate of drug-likeness (QED) is 0.499. The van der Waals surface area contributed by atoms with E-state index >= 15 is 0 Å². The number of nitrogens with two attached hydrogens (primary N) is 1. The van der Waals surface area contributed by atoms with Crippen LogP contribution in [0.1, 0.15) is 40.5 Å². The molecule has 0 radical (unpaired) electrons. The van der Waals surface area contributed by atoms with Crippen LogP contribution in [-0.4, -0.2) is 48.2 Å². The summed E-state index contributed by atoms with van der Waals surface area (Å²) in [6, 6.07) is -1.13. The monoisotopic (exact) mass is 392 g/mol. The maximum atomic E-state index is 12.2. The maximum Gasteiger partial charge on any atom is 0.529 e. The minimum atomic E-state index is -4.47. The minimum Gasteiger partial charge on any atom is -0.372 e. The Bertz CT molecular complexity index is 581. The van der Waals surface area contributed by atoms with E-state index in [9.17, 15) is 19.0 Å². The number of hydrogen-bond acceptors (Lipinski definition) is 7. The Labute approximate surface area is 153 Å². The van der Waals surface area contributed by atoms with Crippen LogP contribution in [-0.2, 0) is 27.9 Å². The fraction of sp³-hybridized carbons (Fsp3) is 0.750. The van der Waals surface area contributed by atoms with Gasteiger partial charge in [-0.15, -0.1) is 0 Å². The highest BCUT2D eigenvalue weighted by atomic mass is 31.2. The van der Waals surface area contributed by atoms with Crippen LogP contribution in [0.3, 0.4) is 0 Å². The molecule has 0 bridgehead atoms. The van der Waals surface area contributed by atoms with E-state index in [1.165, 1.54) is 19.9 Å². The molecule has 0 saturated carbocycles. The molecule has 1 aliphatic carbocycles. The number of phosphoric ester groups is 1. The number of hydrogen-bond donors (Lipinski definition) is 3. The van der Waals surface area contributed by atoms with Crippen molar-refractivity contribution in [1.82, 2.24) is 5.32 Å². The fourth-order valence-electron chi connectivity index (χ4n) is 2.47. The lowest BCUT2D eigenvalue weighted by Crippen LogP contribution is -2.56. The fourth-order valence-corrected chi connectivity index (χ4v) is 3.17. The van der Waals surface area contributed by atoms with Gasteiger partial charge in [0, 0.05) is 18.5 Å². The Morgan fingerprint density at radius 3 is 2.65 bits per heavy atom. The largest absolute Gasteiger partial charge is 0.529 e. The van der Waals surface area contributed by atoms with Gasteiger partial charge in [-0.05, 0) is 25.3 Å². The van der Waals surface area contributed by atoms with Crippen LogP contribution in [0, 0.1) is 5.92 Å². The van der Waals surface area contributed by atoms with E-state index in [0.717, 1.165) is 6.42 Å². The zero-order valence-electron chi connectivity index (χ0n) is 15.6. The lowest BCUT2D eigenvalue weighted by atomic mass is 9.88. The summed E-state index contributed by atoms with van der Waals surface area (Å²) in [7, 11) is -4.47. The second-order valence-corrected chi connectivity index (χ2v) is 7.74. The molecule has 0 aromatic heterocycles. The molecule has 0 aliphatic heterocycles. The lowest BCUT2D eigenvalue weighted by molar-refractivity contribution is -0.132. The van der Waals surface area contributed by atoms with Gasteiger partial charge in [-0.25, -0.2) is 9.36 Å². The van der Waals surface area contributed by atoms with E-state index < -0.39 is 32.0 Å². The number of phosphoric acid groups is 1. The van der Waals surface area contributed by atoms with Gasteiger partial charge in [0.25, 0.3) is 0 Å². The van der Waals surface area contributed by atoms with Crippen molar-refractivity contribution in [2.24, 2.45) is 11.7 Å². The standard InChI is InChI=1S/C16H29N2O7P/c1-5-10(3)9-23-14-8-12(7-13(17)15(14)18-11(4)19)16(20)25-26(21,22)24-6-2/h8,10,13-15H,5-7,9,17H2,1-4H3,(H,18,19)(H,21,22)/t10?,13-,14+,15+/m0/s1. The first-order chi connectivity index (χ1) is 12.1. The molecule has 0 heterocycles. The van der Waals surface area contributed by atoms with Crippen molar-refractivity contribution in [2.75, 3.05) is 13.2 Å². The first kappa shape index (κ1) is 22.8. The van der Waals surface area contributed by atoms with E-state index in [4.69, 9.17) is 10.5 Å². The second-order valence-electron chi connectivity index (χ2n) is 6.36. The van der Waals surface area contributed by atoms with E-state index in [1.54, 1.807) is 0 Å². The molecule has 0 spiro atoms. The van der Waals surface area contributed by atoms with Gasteiger partial charge in [0.15, 0.2) is 0 Å². The molecule has 0 saturated heterocycles. The first-order valence-corrected chi connectivity index (χ1v) is 10.1. The molecule has 150 valence electrons. The molecule has 0 aromatic carbocycles. The Hall–Kier alpha value is -1.25. The van der Waals surface area contributed by atoms with Crippen molar-refractivity contribution in [3.8, 4) is 0 Å². The molecule has 4 N–H and O–H groups in total. The number of carbonyl (C=O) groups is 2. The zero-order valence-corrected chi connectivity index (χ0v) is 16.5. The third kappa shape index (κ3) is 7.17. The van der Waals surface area contributed by atoms with E-state index in [-0.39, 0.29) is 30.4 Å². The number of amides is 1. The van der Waals surface area contributed by atoms with Gasteiger partial charge in [-0.2, -0.15) is 0 Å². The highest BCUT2D eigenvalue weighted by Gasteiger charge is 2.37. The summed E-state index contributed by atoms with van der Waals surface area (Å²) in [5.74, 6) is -0.970. The molecule has 0 aromatic rings. The molecule has 1 rings (SSSR count). The Kier molecular flexibility index (Phi) is 8.92. The predicted molar refractivity (Wildman–Crippen MR) is 95.0 cm³/mol. The molecule has 9 nitrogen and oxygen atoms in total. The molecule has 10 heteroatoms. The van der Waals surface area contributed by atoms with Crippen LogP contribution < -0.4 is 11.1 Å². The molecule has 1 aliphatic rings. The van der Waals surface area contributed by atoms with E-state index in [0.29, 0.717) is 6.61 Å². The van der Waals surface area contributed by atoms with Gasteiger partial charge in [-0.1, -0.05) is 20.3 Å². The predicted octanol–water partition coefficient (Wildman–Crippen LogP) is 1.26. The Morgan fingerprint density at radius 2 is 2.12 bits per heavy atom. The highest BCUT2D eigenvalue weighted by Crippen LogP contribution is 2.44. The number of ether oxygens (including phenoxy) is 1. The molecular formula is C16H29N2O7P. The van der Waals surface area contributed by atoms with Crippen molar-refractivity contribution in [3.63, 3.8) is 0 Å². The SMILES string of the molecule is CCOP(=O)(O)OC(=O)C1=C[C@@H](OCC(C)CC)[C@H](NC(C)=O)[C@@H](N)C1. The Balaban J connectivity index is 2.97. The number of rotatable bonds is 9. The van der Waals surface area contributed by atoms with Crippen molar-refractivity contribution >= 4 is 19.7 Å². The third-order valence-corrected chi connectivity index (χ3v) is 5.01. The van der Waals surface area contributed by atoms with Gasteiger partial charge in [0.05, 0.1) is 25.4 Å². The molecule has 26 heavy (non-hydrogen) atoms. The maximum absolute atomic E-state index is 12.2. The third-order valence-electron chi connectivity index (χ3n) is 4.03. The molecular weight excluding hydrogens is 363 g/mol. The summed E-state index contributed by atoms with van der Waals surface area (Å²) in [5.41, 5.74) is 6.21. The van der Waals surface area contributed by atoms with Crippen molar-refractivity contribution in [2.45, 2.75) is 58.7 Å². The van der Waals surface area contributed by atoms with Crippen LogP contribution in [0.2, 0.25) is 0 Å². The average Bonchev–Trinajstić information content (AvgIpc) is 2.53. The van der Waals surface area contributed by atoms with Crippen LogP contribution >= 0.6 is 7.82 Å². The summed E-state index contributed by atoms with van der Waals surface area (Å²) in [5, 5.41) is 2.74. The zero-order chi connectivity index (χ0) is 19.9. The molecule has 0 fully saturated rings. The summed E-state index contributed by atoms with van der Waals surface area (Å²) < 4.78 is 26.6. The minimum absolute atomic E-state index is 0.0685. The van der Waals surface area contributed by atoms with Gasteiger partial charge in [-0.3, -0.25) is 14.2 Å². The van der Waals surface area contributed by atoms with Crippen LogP contribution in [0.15, 0.2) is 11.6 Å². The van der Waals surface area contributed by atoms with Gasteiger partial charge >= 0.3 is 13.8 Å². The van der Waals surface area contributed by atoms with Crippen molar-refractivity contribution < 1.29 is 32.8 Å². The molecule has 5 atom stereocenters.